The van der Waals surface area contributed by atoms with Crippen molar-refractivity contribution in [1.29, 1.82) is 0 Å². The highest BCUT2D eigenvalue weighted by Crippen LogP contribution is 2.27. The molecule has 1 fully saturated rings. The third-order valence-electron chi connectivity index (χ3n) is 5.20. The number of hydrogen-bond donors (Lipinski definition) is 2. The van der Waals surface area contributed by atoms with Crippen LogP contribution in [0.25, 0.3) is 0 Å². The lowest BCUT2D eigenvalue weighted by Crippen LogP contribution is -2.36. The van der Waals surface area contributed by atoms with Gasteiger partial charge in [-0.3, -0.25) is 9.59 Å². The quantitative estimate of drug-likeness (QED) is 0.515. The number of carbonyl (C=O) groups excluding carboxylic acids is 2. The standard InChI is InChI=1S/C23H28ClN3O3/c1-30-21-12-9-18(16-20(21)24)26-23(29)22(28)25-13-5-6-17-7-10-19(11-8-17)27-14-3-2-4-15-27/h7-12,16H,2-6,13-15H2,1H3,(H,25,28)(H,26,29). The topological polar surface area (TPSA) is 70.7 Å². The van der Waals surface area contributed by atoms with Crippen molar-refractivity contribution < 1.29 is 14.3 Å². The van der Waals surface area contributed by atoms with Crippen LogP contribution in [0.5, 0.6) is 5.75 Å². The van der Waals surface area contributed by atoms with Gasteiger partial charge in [-0.25, -0.2) is 0 Å². The SMILES string of the molecule is COc1ccc(NC(=O)C(=O)NCCCc2ccc(N3CCCCC3)cc2)cc1Cl. The zero-order chi connectivity index (χ0) is 21.3. The smallest absolute Gasteiger partial charge is 0.313 e. The van der Waals surface area contributed by atoms with Crippen molar-refractivity contribution in [3.05, 3.63) is 53.1 Å². The van der Waals surface area contributed by atoms with Crippen molar-refractivity contribution in [2.45, 2.75) is 32.1 Å². The molecular weight excluding hydrogens is 402 g/mol. The number of methoxy groups -OCH3 is 1. The van der Waals surface area contributed by atoms with Gasteiger partial charge >= 0.3 is 11.8 Å². The fraction of sp³-hybridized carbons (Fsp3) is 0.391. The van der Waals surface area contributed by atoms with Crippen molar-refractivity contribution in [3.63, 3.8) is 0 Å². The number of benzene rings is 2. The van der Waals surface area contributed by atoms with Crippen molar-refractivity contribution in [2.75, 3.05) is 37.0 Å². The van der Waals surface area contributed by atoms with Gasteiger partial charge in [-0.2, -0.15) is 0 Å². The van der Waals surface area contributed by atoms with Crippen LogP contribution in [-0.4, -0.2) is 38.6 Å². The minimum absolute atomic E-state index is 0.363. The number of halogens is 1. The molecule has 0 aromatic heterocycles. The largest absolute Gasteiger partial charge is 0.495 e. The molecule has 2 aromatic carbocycles. The highest BCUT2D eigenvalue weighted by Gasteiger charge is 2.14. The molecule has 160 valence electrons. The van der Waals surface area contributed by atoms with Crippen LogP contribution >= 0.6 is 11.6 Å². The van der Waals surface area contributed by atoms with Crippen LogP contribution in [0.15, 0.2) is 42.5 Å². The van der Waals surface area contributed by atoms with Gasteiger partial charge in [0, 0.05) is 31.0 Å². The first-order valence-corrected chi connectivity index (χ1v) is 10.7. The Balaban J connectivity index is 1.38. The number of nitrogens with zero attached hydrogens (tertiary/aromatic N) is 1. The summed E-state index contributed by atoms with van der Waals surface area (Å²) in [5.41, 5.74) is 2.94. The van der Waals surface area contributed by atoms with Crippen LogP contribution < -0.4 is 20.3 Å². The summed E-state index contributed by atoms with van der Waals surface area (Å²) < 4.78 is 5.07. The van der Waals surface area contributed by atoms with E-state index in [2.05, 4.69) is 39.8 Å². The Morgan fingerprint density at radius 1 is 1.03 bits per heavy atom. The summed E-state index contributed by atoms with van der Waals surface area (Å²) in [7, 11) is 1.51. The molecule has 0 bridgehead atoms. The molecule has 3 rings (SSSR count). The minimum atomic E-state index is -0.720. The fourth-order valence-corrected chi connectivity index (χ4v) is 3.79. The number of hydrogen-bond acceptors (Lipinski definition) is 4. The second kappa shape index (κ2) is 10.9. The van der Waals surface area contributed by atoms with E-state index in [1.165, 1.54) is 37.6 Å². The van der Waals surface area contributed by atoms with Crippen LogP contribution in [-0.2, 0) is 16.0 Å². The first-order chi connectivity index (χ1) is 14.6. The van der Waals surface area contributed by atoms with Gasteiger partial charge in [0.15, 0.2) is 0 Å². The zero-order valence-corrected chi connectivity index (χ0v) is 18.0. The summed E-state index contributed by atoms with van der Waals surface area (Å²) in [6.45, 7) is 2.70. The number of anilines is 2. The molecule has 1 aliphatic heterocycles. The lowest BCUT2D eigenvalue weighted by Gasteiger charge is -2.28. The van der Waals surface area contributed by atoms with E-state index in [1.807, 2.05) is 0 Å². The zero-order valence-electron chi connectivity index (χ0n) is 17.2. The highest BCUT2D eigenvalue weighted by molar-refractivity contribution is 6.40. The number of aryl methyl sites for hydroxylation is 1. The summed E-state index contributed by atoms with van der Waals surface area (Å²) in [5.74, 6) is -0.882. The molecule has 2 N–H and O–H groups in total. The molecule has 0 atom stereocenters. The van der Waals surface area contributed by atoms with Crippen LogP contribution in [0.3, 0.4) is 0 Å². The van der Waals surface area contributed by atoms with E-state index >= 15 is 0 Å². The first kappa shape index (κ1) is 22.0. The van der Waals surface area contributed by atoms with Gasteiger partial charge in [-0.05, 0) is 68.0 Å². The molecule has 0 saturated carbocycles. The van der Waals surface area contributed by atoms with Crippen LogP contribution in [0, 0.1) is 0 Å². The van der Waals surface area contributed by atoms with Gasteiger partial charge in [0.2, 0.25) is 0 Å². The lowest BCUT2D eigenvalue weighted by atomic mass is 10.1. The molecule has 1 aliphatic rings. The van der Waals surface area contributed by atoms with Gasteiger partial charge in [-0.1, -0.05) is 23.7 Å². The second-order valence-electron chi connectivity index (χ2n) is 7.38. The summed E-state index contributed by atoms with van der Waals surface area (Å²) in [4.78, 5) is 26.5. The molecule has 0 aliphatic carbocycles. The molecule has 7 heteroatoms. The summed E-state index contributed by atoms with van der Waals surface area (Å²) in [6, 6.07) is 13.4. The monoisotopic (exact) mass is 429 g/mol. The van der Waals surface area contributed by atoms with Gasteiger partial charge in [0.05, 0.1) is 12.1 Å². The number of rotatable bonds is 7. The van der Waals surface area contributed by atoms with Gasteiger partial charge < -0.3 is 20.3 Å². The average Bonchev–Trinajstić information content (AvgIpc) is 2.77. The Morgan fingerprint density at radius 3 is 2.43 bits per heavy atom. The molecule has 0 radical (unpaired) electrons. The van der Waals surface area contributed by atoms with Crippen molar-refractivity contribution in [3.8, 4) is 5.75 Å². The summed E-state index contributed by atoms with van der Waals surface area (Å²) in [5, 5.41) is 5.55. The predicted molar refractivity (Wildman–Crippen MR) is 120 cm³/mol. The van der Waals surface area contributed by atoms with Crippen LogP contribution in [0.4, 0.5) is 11.4 Å². The van der Waals surface area contributed by atoms with E-state index in [-0.39, 0.29) is 0 Å². The maximum absolute atomic E-state index is 12.0. The molecule has 6 nitrogen and oxygen atoms in total. The van der Waals surface area contributed by atoms with E-state index in [0.29, 0.717) is 23.0 Å². The van der Waals surface area contributed by atoms with Gasteiger partial charge in [0.25, 0.3) is 0 Å². The van der Waals surface area contributed by atoms with Crippen LogP contribution in [0.2, 0.25) is 5.02 Å². The van der Waals surface area contributed by atoms with E-state index in [4.69, 9.17) is 16.3 Å². The Bertz CT molecular complexity index is 864. The highest BCUT2D eigenvalue weighted by atomic mass is 35.5. The molecule has 0 unspecified atom stereocenters. The number of carbonyl (C=O) groups is 2. The third-order valence-corrected chi connectivity index (χ3v) is 5.50. The van der Waals surface area contributed by atoms with E-state index in [9.17, 15) is 9.59 Å². The molecule has 30 heavy (non-hydrogen) atoms. The molecule has 2 aromatic rings. The number of nitrogens with one attached hydrogen (secondary N) is 2. The van der Waals surface area contributed by atoms with E-state index < -0.39 is 11.8 Å². The number of piperidine rings is 1. The van der Waals surface area contributed by atoms with Crippen LogP contribution in [0.1, 0.15) is 31.2 Å². The van der Waals surface area contributed by atoms with E-state index in [0.717, 1.165) is 25.9 Å². The van der Waals surface area contributed by atoms with Crippen molar-refractivity contribution in [2.24, 2.45) is 0 Å². The lowest BCUT2D eigenvalue weighted by molar-refractivity contribution is -0.136. The molecule has 0 spiro atoms. The maximum Gasteiger partial charge on any atom is 0.313 e. The Hall–Kier alpha value is -2.73. The average molecular weight is 430 g/mol. The van der Waals surface area contributed by atoms with Crippen molar-refractivity contribution >= 4 is 34.8 Å². The summed E-state index contributed by atoms with van der Waals surface area (Å²) in [6.07, 6.45) is 5.46. The third kappa shape index (κ3) is 6.13. The molecule has 1 saturated heterocycles. The number of amides is 2. The number of ether oxygens (including phenoxy) is 1. The van der Waals surface area contributed by atoms with Gasteiger partial charge in [-0.15, -0.1) is 0 Å². The van der Waals surface area contributed by atoms with E-state index in [1.54, 1.807) is 18.2 Å². The summed E-state index contributed by atoms with van der Waals surface area (Å²) >= 11 is 6.03. The fourth-order valence-electron chi connectivity index (χ4n) is 3.53. The normalized spacial score (nSPS) is 13.6. The second-order valence-corrected chi connectivity index (χ2v) is 7.78. The Labute approximate surface area is 182 Å². The Kier molecular flexibility index (Phi) is 7.97. The first-order valence-electron chi connectivity index (χ1n) is 10.3. The van der Waals surface area contributed by atoms with Crippen molar-refractivity contribution in [1.82, 2.24) is 5.32 Å². The molecular formula is C23H28ClN3O3. The predicted octanol–water partition coefficient (Wildman–Crippen LogP) is 4.03. The maximum atomic E-state index is 12.0. The molecule has 1 heterocycles. The minimum Gasteiger partial charge on any atom is -0.495 e. The van der Waals surface area contributed by atoms with Gasteiger partial charge in [0.1, 0.15) is 5.75 Å². The molecule has 2 amide bonds. The Morgan fingerprint density at radius 2 is 1.77 bits per heavy atom.